The molecule has 4 nitrogen and oxygen atoms in total. The van der Waals surface area contributed by atoms with Crippen LogP contribution in [0.5, 0.6) is 5.75 Å². The highest BCUT2D eigenvalue weighted by atomic mass is 79.9. The van der Waals surface area contributed by atoms with Gasteiger partial charge in [0.2, 0.25) is 0 Å². The van der Waals surface area contributed by atoms with Gasteiger partial charge in [-0.05, 0) is 55.3 Å². The van der Waals surface area contributed by atoms with Gasteiger partial charge in [0, 0.05) is 26.6 Å². The van der Waals surface area contributed by atoms with E-state index in [0.29, 0.717) is 23.0 Å². The highest BCUT2D eigenvalue weighted by Gasteiger charge is 2.33. The van der Waals surface area contributed by atoms with Gasteiger partial charge in [0.05, 0.1) is 19.1 Å². The lowest BCUT2D eigenvalue weighted by Crippen LogP contribution is -2.41. The number of piperidine rings is 1. The molecule has 1 heterocycles. The third-order valence-corrected chi connectivity index (χ3v) is 5.97. The standard InChI is InChI=1S/C20H20BrCl2NO3/c1-27-18-7-4-13(21)9-16(18)19(15-6-5-14(22)10-17(15)23)24-8-2-3-12(11-24)20(25)26/h4-7,9-10,12,19H,2-3,8,11H2,1H3,(H,25,26). The SMILES string of the molecule is COc1ccc(Br)cc1C(c1ccc(Cl)cc1Cl)N1CCCC(C(=O)O)C1. The van der Waals surface area contributed by atoms with Gasteiger partial charge in [0.15, 0.2) is 0 Å². The Balaban J connectivity index is 2.12. The second kappa shape index (κ2) is 8.82. The molecule has 2 aromatic carbocycles. The fourth-order valence-electron chi connectivity index (χ4n) is 3.65. The van der Waals surface area contributed by atoms with E-state index in [9.17, 15) is 9.90 Å². The minimum atomic E-state index is -0.762. The zero-order chi connectivity index (χ0) is 19.6. The van der Waals surface area contributed by atoms with Crippen molar-refractivity contribution in [2.45, 2.75) is 18.9 Å². The van der Waals surface area contributed by atoms with Crippen LogP contribution in [0.1, 0.15) is 30.0 Å². The number of aliphatic carboxylic acids is 1. The van der Waals surface area contributed by atoms with Crippen LogP contribution < -0.4 is 4.74 Å². The van der Waals surface area contributed by atoms with Gasteiger partial charge >= 0.3 is 5.97 Å². The lowest BCUT2D eigenvalue weighted by molar-refractivity contribution is -0.143. The van der Waals surface area contributed by atoms with E-state index in [1.54, 1.807) is 19.2 Å². The van der Waals surface area contributed by atoms with Gasteiger partial charge in [-0.15, -0.1) is 0 Å². The maximum Gasteiger partial charge on any atom is 0.307 e. The van der Waals surface area contributed by atoms with Crippen molar-refractivity contribution in [1.29, 1.82) is 0 Å². The van der Waals surface area contributed by atoms with Crippen LogP contribution in [0, 0.1) is 5.92 Å². The molecule has 2 atom stereocenters. The summed E-state index contributed by atoms with van der Waals surface area (Å²) in [7, 11) is 1.63. The molecule has 0 saturated carbocycles. The van der Waals surface area contributed by atoms with Crippen LogP contribution in [0.25, 0.3) is 0 Å². The van der Waals surface area contributed by atoms with Gasteiger partial charge in [0.25, 0.3) is 0 Å². The van der Waals surface area contributed by atoms with E-state index in [-0.39, 0.29) is 6.04 Å². The summed E-state index contributed by atoms with van der Waals surface area (Å²) in [6.45, 7) is 1.23. The lowest BCUT2D eigenvalue weighted by atomic mass is 9.91. The zero-order valence-electron chi connectivity index (χ0n) is 14.8. The van der Waals surface area contributed by atoms with Crippen LogP contribution in [0.2, 0.25) is 10.0 Å². The van der Waals surface area contributed by atoms with Gasteiger partial charge in [-0.25, -0.2) is 0 Å². The average Bonchev–Trinajstić information content (AvgIpc) is 2.64. The van der Waals surface area contributed by atoms with E-state index < -0.39 is 11.9 Å². The Bertz CT molecular complexity index is 846. The third-order valence-electron chi connectivity index (χ3n) is 4.91. The van der Waals surface area contributed by atoms with E-state index in [0.717, 1.165) is 34.3 Å². The van der Waals surface area contributed by atoms with E-state index in [1.165, 1.54) is 0 Å². The number of halogens is 3. The Hall–Kier alpha value is -1.27. The Morgan fingerprint density at radius 3 is 2.70 bits per heavy atom. The minimum absolute atomic E-state index is 0.232. The Morgan fingerprint density at radius 1 is 1.26 bits per heavy atom. The van der Waals surface area contributed by atoms with Crippen molar-refractivity contribution < 1.29 is 14.6 Å². The molecule has 0 aromatic heterocycles. The van der Waals surface area contributed by atoms with Crippen molar-refractivity contribution in [1.82, 2.24) is 4.90 Å². The number of carboxylic acid groups (broad SMARTS) is 1. The Labute approximate surface area is 177 Å². The molecule has 144 valence electrons. The summed E-state index contributed by atoms with van der Waals surface area (Å²) in [6, 6.07) is 11.0. The Morgan fingerprint density at radius 2 is 2.04 bits per heavy atom. The summed E-state index contributed by atoms with van der Waals surface area (Å²) >= 11 is 16.2. The first-order valence-corrected chi connectivity index (χ1v) is 10.2. The fourth-order valence-corrected chi connectivity index (χ4v) is 4.54. The molecule has 0 amide bonds. The molecule has 2 aromatic rings. The summed E-state index contributed by atoms with van der Waals surface area (Å²) in [5, 5.41) is 10.6. The molecule has 0 radical (unpaired) electrons. The normalized spacial score (nSPS) is 18.9. The molecule has 3 rings (SSSR count). The van der Waals surface area contributed by atoms with E-state index in [1.807, 2.05) is 24.3 Å². The average molecular weight is 473 g/mol. The Kier molecular flexibility index (Phi) is 6.69. The second-order valence-electron chi connectivity index (χ2n) is 6.63. The number of ether oxygens (including phenoxy) is 1. The first kappa shape index (κ1) is 20.5. The fraction of sp³-hybridized carbons (Fsp3) is 0.350. The molecule has 0 bridgehead atoms. The molecule has 27 heavy (non-hydrogen) atoms. The lowest BCUT2D eigenvalue weighted by Gasteiger charge is -2.38. The second-order valence-corrected chi connectivity index (χ2v) is 8.39. The van der Waals surface area contributed by atoms with Crippen molar-refractivity contribution in [3.05, 3.63) is 62.0 Å². The van der Waals surface area contributed by atoms with Crippen molar-refractivity contribution in [3.8, 4) is 5.75 Å². The topological polar surface area (TPSA) is 49.8 Å². The maximum atomic E-state index is 11.6. The van der Waals surface area contributed by atoms with Gasteiger partial charge in [-0.2, -0.15) is 0 Å². The number of carbonyl (C=O) groups is 1. The van der Waals surface area contributed by atoms with E-state index in [4.69, 9.17) is 27.9 Å². The molecule has 0 aliphatic carbocycles. The van der Waals surface area contributed by atoms with Crippen LogP contribution in [-0.4, -0.2) is 36.2 Å². The summed E-state index contributed by atoms with van der Waals surface area (Å²) < 4.78 is 6.52. The van der Waals surface area contributed by atoms with Crippen molar-refractivity contribution >= 4 is 45.1 Å². The molecular formula is C20H20BrCl2NO3. The zero-order valence-corrected chi connectivity index (χ0v) is 17.9. The number of hydrogen-bond acceptors (Lipinski definition) is 3. The molecule has 1 saturated heterocycles. The first-order valence-electron chi connectivity index (χ1n) is 8.66. The number of benzene rings is 2. The highest BCUT2D eigenvalue weighted by molar-refractivity contribution is 9.10. The number of rotatable bonds is 5. The number of likely N-dealkylation sites (tertiary alicyclic amines) is 1. The molecule has 2 unspecified atom stereocenters. The maximum absolute atomic E-state index is 11.6. The summed E-state index contributed by atoms with van der Waals surface area (Å²) in [5.41, 5.74) is 1.81. The van der Waals surface area contributed by atoms with Crippen molar-refractivity contribution in [2.75, 3.05) is 20.2 Å². The smallest absolute Gasteiger partial charge is 0.307 e. The molecule has 1 fully saturated rings. The highest BCUT2D eigenvalue weighted by Crippen LogP contribution is 2.41. The summed E-state index contributed by atoms with van der Waals surface area (Å²) in [6.07, 6.45) is 1.50. The van der Waals surface area contributed by atoms with E-state index >= 15 is 0 Å². The van der Waals surface area contributed by atoms with Crippen LogP contribution in [0.15, 0.2) is 40.9 Å². The summed E-state index contributed by atoms with van der Waals surface area (Å²) in [5.74, 6) is -0.431. The van der Waals surface area contributed by atoms with Gasteiger partial charge in [-0.3, -0.25) is 9.69 Å². The van der Waals surface area contributed by atoms with Gasteiger partial charge in [-0.1, -0.05) is 45.2 Å². The quantitative estimate of drug-likeness (QED) is 0.610. The van der Waals surface area contributed by atoms with Crippen LogP contribution in [-0.2, 0) is 4.79 Å². The molecule has 1 N–H and O–H groups in total. The number of nitrogens with zero attached hydrogens (tertiary/aromatic N) is 1. The van der Waals surface area contributed by atoms with Gasteiger partial charge < -0.3 is 9.84 Å². The number of hydrogen-bond donors (Lipinski definition) is 1. The first-order chi connectivity index (χ1) is 12.9. The third kappa shape index (κ3) is 4.60. The molecule has 0 spiro atoms. The predicted octanol–water partition coefficient (Wildman–Crippen LogP) is 5.65. The largest absolute Gasteiger partial charge is 0.496 e. The van der Waals surface area contributed by atoms with Crippen LogP contribution >= 0.6 is 39.1 Å². The van der Waals surface area contributed by atoms with Crippen molar-refractivity contribution in [2.24, 2.45) is 5.92 Å². The molecule has 1 aliphatic heterocycles. The van der Waals surface area contributed by atoms with Crippen molar-refractivity contribution in [3.63, 3.8) is 0 Å². The van der Waals surface area contributed by atoms with Gasteiger partial charge in [0.1, 0.15) is 5.75 Å². The monoisotopic (exact) mass is 471 g/mol. The van der Waals surface area contributed by atoms with Crippen LogP contribution in [0.4, 0.5) is 0 Å². The van der Waals surface area contributed by atoms with Crippen LogP contribution in [0.3, 0.4) is 0 Å². The molecular weight excluding hydrogens is 453 g/mol. The molecule has 1 aliphatic rings. The number of carboxylic acids is 1. The molecule has 7 heteroatoms. The van der Waals surface area contributed by atoms with E-state index in [2.05, 4.69) is 20.8 Å². The predicted molar refractivity (Wildman–Crippen MR) is 111 cm³/mol. The minimum Gasteiger partial charge on any atom is -0.496 e. The summed E-state index contributed by atoms with van der Waals surface area (Å²) in [4.78, 5) is 13.8. The number of methoxy groups -OCH3 is 1.